The van der Waals surface area contributed by atoms with Crippen LogP contribution in [0, 0.1) is 0 Å². The molecule has 14 heavy (non-hydrogen) atoms. The summed E-state index contributed by atoms with van der Waals surface area (Å²) in [6.07, 6.45) is 9.88. The van der Waals surface area contributed by atoms with Crippen LogP contribution in [0.3, 0.4) is 0 Å². The van der Waals surface area contributed by atoms with Gasteiger partial charge in [-0.3, -0.25) is 9.59 Å². The molecule has 0 amide bonds. The SMILES string of the molecule is O=C1C=CC(=O)C=C1.c1cncnc1. The van der Waals surface area contributed by atoms with Crippen LogP contribution in [-0.4, -0.2) is 21.5 Å². The van der Waals surface area contributed by atoms with E-state index in [0.29, 0.717) is 0 Å². The molecule has 0 bridgehead atoms. The second-order valence-corrected chi connectivity index (χ2v) is 2.38. The molecule has 0 fully saturated rings. The Labute approximate surface area is 81.0 Å². The highest BCUT2D eigenvalue weighted by atomic mass is 16.1. The second kappa shape index (κ2) is 5.53. The molecule has 0 spiro atoms. The molecule has 4 nitrogen and oxygen atoms in total. The van der Waals surface area contributed by atoms with E-state index in [9.17, 15) is 9.59 Å². The van der Waals surface area contributed by atoms with Crippen molar-refractivity contribution in [2.75, 3.05) is 0 Å². The highest BCUT2D eigenvalue weighted by molar-refractivity contribution is 6.14. The molecule has 1 aromatic heterocycles. The highest BCUT2D eigenvalue weighted by Gasteiger charge is 1.97. The standard InChI is InChI=1S/C6H4O2.C4H4N2/c7-5-1-2-6(8)4-3-5;1-2-5-4-6-3-1/h1-4H;1-4H. The molecule has 2 rings (SSSR count). The lowest BCUT2D eigenvalue weighted by Crippen LogP contribution is -1.97. The molecule has 0 unspecified atom stereocenters. The van der Waals surface area contributed by atoms with Gasteiger partial charge in [-0.05, 0) is 30.4 Å². The fourth-order valence-corrected chi connectivity index (χ4v) is 0.693. The van der Waals surface area contributed by atoms with E-state index in [2.05, 4.69) is 9.97 Å². The zero-order valence-corrected chi connectivity index (χ0v) is 7.33. The maximum atomic E-state index is 10.3. The Balaban J connectivity index is 0.000000146. The maximum absolute atomic E-state index is 10.3. The summed E-state index contributed by atoms with van der Waals surface area (Å²) in [5.41, 5.74) is 0. The first-order chi connectivity index (χ1) is 6.79. The van der Waals surface area contributed by atoms with Crippen LogP contribution >= 0.6 is 0 Å². The molecule has 0 saturated heterocycles. The topological polar surface area (TPSA) is 59.9 Å². The summed E-state index contributed by atoms with van der Waals surface area (Å²) in [5, 5.41) is 0. The van der Waals surface area contributed by atoms with Gasteiger partial charge in [-0.2, -0.15) is 0 Å². The predicted molar refractivity (Wildman–Crippen MR) is 50.3 cm³/mol. The van der Waals surface area contributed by atoms with Gasteiger partial charge in [0.2, 0.25) is 0 Å². The second-order valence-electron chi connectivity index (χ2n) is 2.38. The van der Waals surface area contributed by atoms with Gasteiger partial charge in [-0.25, -0.2) is 9.97 Å². The van der Waals surface area contributed by atoms with Gasteiger partial charge < -0.3 is 0 Å². The van der Waals surface area contributed by atoms with E-state index in [1.165, 1.54) is 30.6 Å². The van der Waals surface area contributed by atoms with Crippen molar-refractivity contribution in [3.05, 3.63) is 49.1 Å². The summed E-state index contributed by atoms with van der Waals surface area (Å²) in [7, 11) is 0. The van der Waals surface area contributed by atoms with Gasteiger partial charge in [0.1, 0.15) is 6.33 Å². The third-order valence-electron chi connectivity index (χ3n) is 1.30. The Kier molecular flexibility index (Phi) is 3.94. The molecule has 0 aromatic carbocycles. The first-order valence-corrected chi connectivity index (χ1v) is 3.93. The van der Waals surface area contributed by atoms with Crippen molar-refractivity contribution >= 4 is 11.6 Å². The van der Waals surface area contributed by atoms with Gasteiger partial charge in [-0.1, -0.05) is 0 Å². The normalized spacial score (nSPS) is 13.4. The van der Waals surface area contributed by atoms with Crippen molar-refractivity contribution in [2.45, 2.75) is 0 Å². The van der Waals surface area contributed by atoms with Crippen LogP contribution in [0.25, 0.3) is 0 Å². The summed E-state index contributed by atoms with van der Waals surface area (Å²) in [6, 6.07) is 1.78. The summed E-state index contributed by atoms with van der Waals surface area (Å²) in [6.45, 7) is 0. The molecule has 0 saturated carbocycles. The lowest BCUT2D eigenvalue weighted by molar-refractivity contribution is -0.113. The smallest absolute Gasteiger partial charge is 0.178 e. The number of ketones is 2. The molecule has 0 radical (unpaired) electrons. The minimum atomic E-state index is -0.121. The van der Waals surface area contributed by atoms with Crippen molar-refractivity contribution in [2.24, 2.45) is 0 Å². The van der Waals surface area contributed by atoms with E-state index >= 15 is 0 Å². The summed E-state index contributed by atoms with van der Waals surface area (Å²) in [4.78, 5) is 27.9. The molecular weight excluding hydrogens is 180 g/mol. The molecule has 0 aliphatic heterocycles. The zero-order chi connectivity index (χ0) is 10.2. The van der Waals surface area contributed by atoms with E-state index < -0.39 is 0 Å². The predicted octanol–water partition coefficient (Wildman–Crippen LogP) is 0.727. The third-order valence-corrected chi connectivity index (χ3v) is 1.30. The number of allylic oxidation sites excluding steroid dienone is 4. The van der Waals surface area contributed by atoms with Crippen molar-refractivity contribution in [1.82, 2.24) is 9.97 Å². The number of hydrogen-bond donors (Lipinski definition) is 0. The number of carbonyl (C=O) groups excluding carboxylic acids is 2. The van der Waals surface area contributed by atoms with Crippen LogP contribution in [0.15, 0.2) is 49.1 Å². The summed E-state index contributed by atoms with van der Waals surface area (Å²) >= 11 is 0. The van der Waals surface area contributed by atoms with E-state index in [0.717, 1.165) is 0 Å². The molecular formula is C10H8N2O2. The minimum absolute atomic E-state index is 0.121. The minimum Gasteiger partial charge on any atom is -0.290 e. The maximum Gasteiger partial charge on any atom is 0.178 e. The number of aromatic nitrogens is 2. The fraction of sp³-hybridized carbons (Fsp3) is 0. The first kappa shape index (κ1) is 9.98. The van der Waals surface area contributed by atoms with Gasteiger partial charge in [0, 0.05) is 12.4 Å². The van der Waals surface area contributed by atoms with Crippen LogP contribution in [0.1, 0.15) is 0 Å². The van der Waals surface area contributed by atoms with Crippen molar-refractivity contribution in [3.63, 3.8) is 0 Å². The lowest BCUT2D eigenvalue weighted by Gasteiger charge is -1.87. The average molecular weight is 188 g/mol. The van der Waals surface area contributed by atoms with Crippen LogP contribution in [0.5, 0.6) is 0 Å². The molecule has 4 heteroatoms. The van der Waals surface area contributed by atoms with Crippen LogP contribution < -0.4 is 0 Å². The van der Waals surface area contributed by atoms with Gasteiger partial charge >= 0.3 is 0 Å². The Hall–Kier alpha value is -2.10. The lowest BCUT2D eigenvalue weighted by atomic mass is 10.2. The number of nitrogens with zero attached hydrogens (tertiary/aromatic N) is 2. The molecule has 1 aliphatic carbocycles. The Bertz CT molecular complexity index is 304. The Morgan fingerprint density at radius 3 is 1.43 bits per heavy atom. The van der Waals surface area contributed by atoms with Crippen LogP contribution in [0.2, 0.25) is 0 Å². The van der Waals surface area contributed by atoms with Crippen molar-refractivity contribution in [3.8, 4) is 0 Å². The van der Waals surface area contributed by atoms with Crippen molar-refractivity contribution in [1.29, 1.82) is 0 Å². The summed E-state index contributed by atoms with van der Waals surface area (Å²) in [5.74, 6) is -0.241. The van der Waals surface area contributed by atoms with Crippen LogP contribution in [0.4, 0.5) is 0 Å². The van der Waals surface area contributed by atoms with E-state index in [-0.39, 0.29) is 11.6 Å². The Morgan fingerprint density at radius 2 is 1.21 bits per heavy atom. The molecule has 0 atom stereocenters. The number of rotatable bonds is 0. The number of carbonyl (C=O) groups is 2. The number of hydrogen-bond acceptors (Lipinski definition) is 4. The van der Waals surface area contributed by atoms with Gasteiger partial charge in [-0.15, -0.1) is 0 Å². The highest BCUT2D eigenvalue weighted by Crippen LogP contribution is 1.90. The van der Waals surface area contributed by atoms with Gasteiger partial charge in [0.05, 0.1) is 0 Å². The quantitative estimate of drug-likeness (QED) is 0.563. The Morgan fingerprint density at radius 1 is 0.786 bits per heavy atom. The third kappa shape index (κ3) is 4.06. The van der Waals surface area contributed by atoms with E-state index in [4.69, 9.17) is 0 Å². The zero-order valence-electron chi connectivity index (χ0n) is 7.33. The molecule has 70 valence electrons. The van der Waals surface area contributed by atoms with Gasteiger partial charge in [0.25, 0.3) is 0 Å². The molecule has 0 N–H and O–H groups in total. The van der Waals surface area contributed by atoms with E-state index in [1.807, 2.05) is 0 Å². The fourth-order valence-electron chi connectivity index (χ4n) is 0.693. The molecule has 1 heterocycles. The van der Waals surface area contributed by atoms with E-state index in [1.54, 1.807) is 18.5 Å². The van der Waals surface area contributed by atoms with Gasteiger partial charge in [0.15, 0.2) is 11.6 Å². The molecule has 1 aromatic rings. The van der Waals surface area contributed by atoms with Crippen molar-refractivity contribution < 1.29 is 9.59 Å². The largest absolute Gasteiger partial charge is 0.290 e. The summed E-state index contributed by atoms with van der Waals surface area (Å²) < 4.78 is 0. The first-order valence-electron chi connectivity index (χ1n) is 3.93. The average Bonchev–Trinajstić information content (AvgIpc) is 2.26. The molecule has 1 aliphatic rings. The monoisotopic (exact) mass is 188 g/mol. The van der Waals surface area contributed by atoms with Crippen LogP contribution in [-0.2, 0) is 9.59 Å².